The Morgan fingerprint density at radius 3 is 2.82 bits per heavy atom. The van der Waals surface area contributed by atoms with Gasteiger partial charge in [-0.1, -0.05) is 28.9 Å². The number of rotatable bonds is 7. The zero-order valence-corrected chi connectivity index (χ0v) is 12.7. The molecule has 1 aromatic carbocycles. The lowest BCUT2D eigenvalue weighted by Gasteiger charge is -2.18. The van der Waals surface area contributed by atoms with E-state index in [1.807, 2.05) is 12.1 Å². The Hall–Kier alpha value is -0.0600. The van der Waals surface area contributed by atoms with Crippen molar-refractivity contribution in [3.8, 4) is 0 Å². The van der Waals surface area contributed by atoms with Crippen LogP contribution in [0, 0.1) is 5.82 Å². The number of hydrogen-bond donors (Lipinski definition) is 1. The molecule has 96 valence electrons. The van der Waals surface area contributed by atoms with Crippen LogP contribution in [0.5, 0.6) is 0 Å². The number of hydrogen-bond acceptors (Lipinski definition) is 2. The summed E-state index contributed by atoms with van der Waals surface area (Å²) in [6, 6.07) is 5.64. The fourth-order valence-electron chi connectivity index (χ4n) is 1.69. The van der Waals surface area contributed by atoms with Crippen molar-refractivity contribution < 1.29 is 4.39 Å². The molecular formula is C13H19BrFNS. The van der Waals surface area contributed by atoms with Gasteiger partial charge in [0.1, 0.15) is 5.82 Å². The van der Waals surface area contributed by atoms with Crippen LogP contribution in [-0.4, -0.2) is 24.6 Å². The molecule has 1 N–H and O–H groups in total. The van der Waals surface area contributed by atoms with Gasteiger partial charge in [-0.25, -0.2) is 4.39 Å². The van der Waals surface area contributed by atoms with E-state index in [1.54, 1.807) is 11.8 Å². The van der Waals surface area contributed by atoms with E-state index in [-0.39, 0.29) is 5.82 Å². The van der Waals surface area contributed by atoms with Gasteiger partial charge in [0, 0.05) is 16.3 Å². The highest BCUT2D eigenvalue weighted by molar-refractivity contribution is 9.10. The lowest BCUT2D eigenvalue weighted by atomic mass is 10.1. The van der Waals surface area contributed by atoms with E-state index < -0.39 is 0 Å². The SMILES string of the molecule is CCCNC(CSC)Cc1ccc(Br)cc1F. The quantitative estimate of drug-likeness (QED) is 0.819. The summed E-state index contributed by atoms with van der Waals surface area (Å²) in [6.07, 6.45) is 3.94. The third-order valence-electron chi connectivity index (χ3n) is 2.53. The molecule has 0 heterocycles. The Morgan fingerprint density at radius 1 is 1.47 bits per heavy atom. The molecule has 0 spiro atoms. The van der Waals surface area contributed by atoms with Crippen molar-refractivity contribution in [3.05, 3.63) is 34.1 Å². The zero-order chi connectivity index (χ0) is 12.7. The van der Waals surface area contributed by atoms with Crippen LogP contribution >= 0.6 is 27.7 Å². The number of thioether (sulfide) groups is 1. The van der Waals surface area contributed by atoms with Crippen LogP contribution in [0.4, 0.5) is 4.39 Å². The fraction of sp³-hybridized carbons (Fsp3) is 0.538. The van der Waals surface area contributed by atoms with E-state index >= 15 is 0 Å². The number of benzene rings is 1. The van der Waals surface area contributed by atoms with Crippen LogP contribution < -0.4 is 5.32 Å². The normalized spacial score (nSPS) is 12.7. The van der Waals surface area contributed by atoms with Crippen LogP contribution in [0.3, 0.4) is 0 Å². The molecule has 17 heavy (non-hydrogen) atoms. The number of halogens is 2. The lowest BCUT2D eigenvalue weighted by Crippen LogP contribution is -2.34. The standard InChI is InChI=1S/C13H19BrFNS/c1-3-6-16-12(9-17-2)7-10-4-5-11(14)8-13(10)15/h4-5,8,12,16H,3,6-7,9H2,1-2H3. The van der Waals surface area contributed by atoms with Crippen molar-refractivity contribution in [2.45, 2.75) is 25.8 Å². The molecule has 0 aromatic heterocycles. The Bertz CT molecular complexity index is 346. The smallest absolute Gasteiger partial charge is 0.127 e. The molecule has 1 atom stereocenters. The van der Waals surface area contributed by atoms with Gasteiger partial charge in [-0.05, 0) is 43.3 Å². The second-order valence-corrected chi connectivity index (χ2v) is 5.87. The minimum Gasteiger partial charge on any atom is -0.313 e. The van der Waals surface area contributed by atoms with E-state index in [9.17, 15) is 4.39 Å². The summed E-state index contributed by atoms with van der Waals surface area (Å²) in [5.41, 5.74) is 0.788. The van der Waals surface area contributed by atoms with Crippen LogP contribution in [-0.2, 0) is 6.42 Å². The van der Waals surface area contributed by atoms with Crippen molar-refractivity contribution in [2.75, 3.05) is 18.6 Å². The second kappa shape index (κ2) is 8.11. The molecule has 1 unspecified atom stereocenters. The van der Waals surface area contributed by atoms with Crippen LogP contribution in [0.2, 0.25) is 0 Å². The highest BCUT2D eigenvalue weighted by Gasteiger charge is 2.11. The van der Waals surface area contributed by atoms with Crippen molar-refractivity contribution in [3.63, 3.8) is 0 Å². The van der Waals surface area contributed by atoms with E-state index in [1.165, 1.54) is 6.07 Å². The van der Waals surface area contributed by atoms with Crippen molar-refractivity contribution in [1.29, 1.82) is 0 Å². The fourth-order valence-corrected chi connectivity index (χ4v) is 2.66. The maximum atomic E-state index is 13.7. The summed E-state index contributed by atoms with van der Waals surface area (Å²) in [5, 5.41) is 3.46. The first kappa shape index (κ1) is 15.0. The molecule has 1 nitrogen and oxygen atoms in total. The molecule has 0 fully saturated rings. The molecule has 0 bridgehead atoms. The zero-order valence-electron chi connectivity index (χ0n) is 10.3. The molecule has 4 heteroatoms. The van der Waals surface area contributed by atoms with Crippen molar-refractivity contribution >= 4 is 27.7 Å². The van der Waals surface area contributed by atoms with Gasteiger partial charge in [-0.2, -0.15) is 11.8 Å². The second-order valence-electron chi connectivity index (χ2n) is 4.05. The molecule has 0 radical (unpaired) electrons. The van der Waals surface area contributed by atoms with Crippen LogP contribution in [0.1, 0.15) is 18.9 Å². The molecule has 1 rings (SSSR count). The first-order valence-corrected chi connectivity index (χ1v) is 8.02. The molecule has 0 amide bonds. The number of nitrogens with one attached hydrogen (secondary N) is 1. The third kappa shape index (κ3) is 5.40. The first-order valence-electron chi connectivity index (χ1n) is 5.83. The molecule has 1 aromatic rings. The van der Waals surface area contributed by atoms with E-state index in [0.29, 0.717) is 6.04 Å². The molecule has 0 aliphatic carbocycles. The molecule has 0 aliphatic heterocycles. The average Bonchev–Trinajstić information content (AvgIpc) is 2.29. The predicted octanol–water partition coefficient (Wildman–Crippen LogP) is 3.86. The minimum absolute atomic E-state index is 0.122. The summed E-state index contributed by atoms with van der Waals surface area (Å²) in [4.78, 5) is 0. The van der Waals surface area contributed by atoms with Gasteiger partial charge in [0.2, 0.25) is 0 Å². The highest BCUT2D eigenvalue weighted by Crippen LogP contribution is 2.17. The van der Waals surface area contributed by atoms with E-state index in [4.69, 9.17) is 0 Å². The van der Waals surface area contributed by atoms with Gasteiger partial charge in [0.15, 0.2) is 0 Å². The van der Waals surface area contributed by atoms with Gasteiger partial charge in [0.25, 0.3) is 0 Å². The van der Waals surface area contributed by atoms with Crippen molar-refractivity contribution in [2.24, 2.45) is 0 Å². The molecule has 0 saturated heterocycles. The summed E-state index contributed by atoms with van der Waals surface area (Å²) >= 11 is 5.07. The first-order chi connectivity index (χ1) is 8.17. The molecule has 0 aliphatic rings. The van der Waals surface area contributed by atoms with Crippen LogP contribution in [0.25, 0.3) is 0 Å². The largest absolute Gasteiger partial charge is 0.313 e. The predicted molar refractivity (Wildman–Crippen MR) is 78.3 cm³/mol. The maximum Gasteiger partial charge on any atom is 0.127 e. The summed E-state index contributed by atoms with van der Waals surface area (Å²) in [6.45, 7) is 3.13. The third-order valence-corrected chi connectivity index (χ3v) is 3.76. The van der Waals surface area contributed by atoms with E-state index in [0.717, 1.165) is 35.2 Å². The average molecular weight is 320 g/mol. The monoisotopic (exact) mass is 319 g/mol. The minimum atomic E-state index is -0.122. The van der Waals surface area contributed by atoms with Crippen LogP contribution in [0.15, 0.2) is 22.7 Å². The Labute approximate surface area is 116 Å². The van der Waals surface area contributed by atoms with Gasteiger partial charge in [-0.3, -0.25) is 0 Å². The Kier molecular flexibility index (Phi) is 7.16. The lowest BCUT2D eigenvalue weighted by molar-refractivity contribution is 0.530. The van der Waals surface area contributed by atoms with Gasteiger partial charge >= 0.3 is 0 Å². The highest BCUT2D eigenvalue weighted by atomic mass is 79.9. The summed E-state index contributed by atoms with van der Waals surface area (Å²) in [7, 11) is 0. The van der Waals surface area contributed by atoms with Gasteiger partial charge in [0.05, 0.1) is 0 Å². The van der Waals surface area contributed by atoms with Crippen molar-refractivity contribution in [1.82, 2.24) is 5.32 Å². The van der Waals surface area contributed by atoms with Gasteiger partial charge in [-0.15, -0.1) is 0 Å². The summed E-state index contributed by atoms with van der Waals surface area (Å²) < 4.78 is 14.5. The Morgan fingerprint density at radius 2 is 2.24 bits per heavy atom. The van der Waals surface area contributed by atoms with Gasteiger partial charge < -0.3 is 5.32 Å². The van der Waals surface area contributed by atoms with E-state index in [2.05, 4.69) is 34.4 Å². The maximum absolute atomic E-state index is 13.7. The Balaban J connectivity index is 2.64. The summed E-state index contributed by atoms with van der Waals surface area (Å²) in [5.74, 6) is 0.888. The topological polar surface area (TPSA) is 12.0 Å². The molecule has 0 saturated carbocycles. The molecular weight excluding hydrogens is 301 g/mol.